The zero-order valence-corrected chi connectivity index (χ0v) is 11.7. The zero-order valence-electron chi connectivity index (χ0n) is 11.7. The third-order valence-electron chi connectivity index (χ3n) is 4.28. The highest BCUT2D eigenvalue weighted by atomic mass is 16.5. The van der Waals surface area contributed by atoms with Crippen molar-refractivity contribution in [1.29, 1.82) is 0 Å². The monoisotopic (exact) mass is 265 g/mol. The number of nitrogens with zero attached hydrogens (tertiary/aromatic N) is 3. The van der Waals surface area contributed by atoms with Gasteiger partial charge in [-0.25, -0.2) is 0 Å². The van der Waals surface area contributed by atoms with Gasteiger partial charge in [0.05, 0.1) is 12.6 Å². The molecule has 106 valence electrons. The van der Waals surface area contributed by atoms with Crippen molar-refractivity contribution >= 4 is 0 Å². The van der Waals surface area contributed by atoms with E-state index in [0.717, 1.165) is 37.5 Å². The number of piperidine rings is 1. The first kappa shape index (κ1) is 13.1. The van der Waals surface area contributed by atoms with Crippen molar-refractivity contribution in [3.63, 3.8) is 0 Å². The molecule has 1 N–H and O–H groups in total. The number of aliphatic hydroxyl groups is 1. The van der Waals surface area contributed by atoms with Gasteiger partial charge in [0.2, 0.25) is 5.89 Å². The summed E-state index contributed by atoms with van der Waals surface area (Å²) in [7, 11) is 0. The highest BCUT2D eigenvalue weighted by Crippen LogP contribution is 2.36. The summed E-state index contributed by atoms with van der Waals surface area (Å²) >= 11 is 0. The van der Waals surface area contributed by atoms with E-state index in [9.17, 15) is 5.11 Å². The molecule has 2 atom stereocenters. The Kier molecular flexibility index (Phi) is 3.58. The zero-order chi connectivity index (χ0) is 13.4. The standard InChI is InChI=1S/C14H23N3O2/c1-9(2)5-13-15-14(19-16-13)8-17-10-3-4-11(17)7-12(18)6-10/h9-12,18H,3-8H2,1-2H3. The molecule has 2 bridgehead atoms. The fraction of sp³-hybridized carbons (Fsp3) is 0.857. The fourth-order valence-electron chi connectivity index (χ4n) is 3.46. The van der Waals surface area contributed by atoms with Crippen LogP contribution in [0.5, 0.6) is 0 Å². The number of rotatable bonds is 4. The lowest BCUT2D eigenvalue weighted by atomic mass is 10.00. The molecule has 2 unspecified atom stereocenters. The Hall–Kier alpha value is -0.940. The summed E-state index contributed by atoms with van der Waals surface area (Å²) in [5, 5.41) is 13.8. The molecule has 2 fully saturated rings. The van der Waals surface area contributed by atoms with Crippen LogP contribution >= 0.6 is 0 Å². The number of fused-ring (bicyclic) bond motifs is 2. The Bertz CT molecular complexity index is 418. The van der Waals surface area contributed by atoms with E-state index >= 15 is 0 Å². The molecular formula is C14H23N3O2. The second-order valence-electron chi connectivity index (χ2n) is 6.38. The molecular weight excluding hydrogens is 242 g/mol. The molecule has 2 saturated heterocycles. The summed E-state index contributed by atoms with van der Waals surface area (Å²) in [6.45, 7) is 5.05. The average molecular weight is 265 g/mol. The highest BCUT2D eigenvalue weighted by molar-refractivity contribution is 4.97. The maximum absolute atomic E-state index is 9.80. The molecule has 0 aromatic carbocycles. The molecule has 2 aliphatic rings. The van der Waals surface area contributed by atoms with Crippen LogP contribution in [0.1, 0.15) is 51.2 Å². The van der Waals surface area contributed by atoms with E-state index in [1.54, 1.807) is 0 Å². The predicted octanol–water partition coefficient (Wildman–Crippen LogP) is 1.76. The lowest BCUT2D eigenvalue weighted by molar-refractivity contribution is 0.0256. The van der Waals surface area contributed by atoms with Crippen molar-refractivity contribution < 1.29 is 9.63 Å². The predicted molar refractivity (Wildman–Crippen MR) is 70.4 cm³/mol. The van der Waals surface area contributed by atoms with E-state index in [-0.39, 0.29) is 6.10 Å². The highest BCUT2D eigenvalue weighted by Gasteiger charge is 2.40. The molecule has 5 heteroatoms. The number of aliphatic hydroxyl groups excluding tert-OH is 1. The first-order valence-electron chi connectivity index (χ1n) is 7.37. The Morgan fingerprint density at radius 2 is 2.00 bits per heavy atom. The van der Waals surface area contributed by atoms with Gasteiger partial charge in [0, 0.05) is 18.5 Å². The van der Waals surface area contributed by atoms with Crippen LogP contribution in [0, 0.1) is 5.92 Å². The van der Waals surface area contributed by atoms with E-state index in [2.05, 4.69) is 28.9 Å². The fourth-order valence-corrected chi connectivity index (χ4v) is 3.46. The van der Waals surface area contributed by atoms with Crippen molar-refractivity contribution in [2.45, 2.75) is 70.7 Å². The smallest absolute Gasteiger partial charge is 0.240 e. The first-order valence-corrected chi connectivity index (χ1v) is 7.37. The molecule has 0 amide bonds. The molecule has 3 rings (SSSR count). The Labute approximate surface area is 114 Å². The minimum absolute atomic E-state index is 0.118. The molecule has 2 aliphatic heterocycles. The molecule has 3 heterocycles. The maximum atomic E-state index is 9.80. The first-order chi connectivity index (χ1) is 9.11. The number of aromatic nitrogens is 2. The molecule has 0 aliphatic carbocycles. The maximum Gasteiger partial charge on any atom is 0.240 e. The van der Waals surface area contributed by atoms with Gasteiger partial charge in [-0.1, -0.05) is 19.0 Å². The van der Waals surface area contributed by atoms with Gasteiger partial charge in [-0.15, -0.1) is 0 Å². The Morgan fingerprint density at radius 3 is 2.63 bits per heavy atom. The van der Waals surface area contributed by atoms with E-state index < -0.39 is 0 Å². The number of hydrogen-bond donors (Lipinski definition) is 1. The molecule has 1 aromatic rings. The minimum Gasteiger partial charge on any atom is -0.393 e. The number of hydrogen-bond acceptors (Lipinski definition) is 5. The van der Waals surface area contributed by atoms with Crippen LogP contribution in [0.3, 0.4) is 0 Å². The second-order valence-corrected chi connectivity index (χ2v) is 6.38. The third kappa shape index (κ3) is 2.82. The molecule has 0 spiro atoms. The molecule has 1 aromatic heterocycles. The normalized spacial score (nSPS) is 31.3. The van der Waals surface area contributed by atoms with E-state index in [1.165, 1.54) is 12.8 Å². The lowest BCUT2D eigenvalue weighted by Crippen LogP contribution is -2.44. The van der Waals surface area contributed by atoms with E-state index in [0.29, 0.717) is 18.0 Å². The van der Waals surface area contributed by atoms with E-state index in [4.69, 9.17) is 4.52 Å². The minimum atomic E-state index is -0.118. The molecule has 0 saturated carbocycles. The van der Waals surface area contributed by atoms with Crippen molar-refractivity contribution in [3.05, 3.63) is 11.7 Å². The summed E-state index contributed by atoms with van der Waals surface area (Å²) in [5.41, 5.74) is 0. The van der Waals surface area contributed by atoms with Gasteiger partial charge in [-0.3, -0.25) is 4.90 Å². The quantitative estimate of drug-likeness (QED) is 0.898. The van der Waals surface area contributed by atoms with Crippen molar-refractivity contribution in [2.75, 3.05) is 0 Å². The van der Waals surface area contributed by atoms with Gasteiger partial charge >= 0.3 is 0 Å². The summed E-state index contributed by atoms with van der Waals surface area (Å²) in [6.07, 6.45) is 4.92. The topological polar surface area (TPSA) is 62.4 Å². The largest absolute Gasteiger partial charge is 0.393 e. The average Bonchev–Trinajstić information content (AvgIpc) is 2.84. The van der Waals surface area contributed by atoms with Crippen LogP contribution in [0.4, 0.5) is 0 Å². The van der Waals surface area contributed by atoms with Crippen molar-refractivity contribution in [2.24, 2.45) is 5.92 Å². The molecule has 5 nitrogen and oxygen atoms in total. The lowest BCUT2D eigenvalue weighted by Gasteiger charge is -2.36. The Balaban J connectivity index is 1.64. The Morgan fingerprint density at radius 1 is 1.32 bits per heavy atom. The summed E-state index contributed by atoms with van der Waals surface area (Å²) in [4.78, 5) is 6.92. The van der Waals surface area contributed by atoms with Gasteiger partial charge < -0.3 is 9.63 Å². The van der Waals surface area contributed by atoms with Crippen molar-refractivity contribution in [3.8, 4) is 0 Å². The van der Waals surface area contributed by atoms with Crippen LogP contribution in [0.15, 0.2) is 4.52 Å². The van der Waals surface area contributed by atoms with Crippen LogP contribution in [0.2, 0.25) is 0 Å². The van der Waals surface area contributed by atoms with Gasteiger partial charge in [-0.2, -0.15) is 4.98 Å². The van der Waals surface area contributed by atoms with Crippen LogP contribution < -0.4 is 0 Å². The van der Waals surface area contributed by atoms with Crippen LogP contribution in [0.25, 0.3) is 0 Å². The van der Waals surface area contributed by atoms with Gasteiger partial charge in [-0.05, 0) is 31.6 Å². The van der Waals surface area contributed by atoms with Crippen molar-refractivity contribution in [1.82, 2.24) is 15.0 Å². The third-order valence-corrected chi connectivity index (χ3v) is 4.28. The van der Waals surface area contributed by atoms with Gasteiger partial charge in [0.1, 0.15) is 0 Å². The summed E-state index contributed by atoms with van der Waals surface area (Å²) in [6, 6.07) is 0.989. The molecule has 0 radical (unpaired) electrons. The van der Waals surface area contributed by atoms with E-state index in [1.807, 2.05) is 0 Å². The summed E-state index contributed by atoms with van der Waals surface area (Å²) in [5.74, 6) is 2.09. The van der Waals surface area contributed by atoms with Gasteiger partial charge in [0.15, 0.2) is 5.82 Å². The van der Waals surface area contributed by atoms with Crippen LogP contribution in [-0.2, 0) is 13.0 Å². The second kappa shape index (κ2) is 5.21. The SMILES string of the molecule is CC(C)Cc1noc(CN2C3CCC2CC(O)C3)n1. The molecule has 19 heavy (non-hydrogen) atoms. The van der Waals surface area contributed by atoms with Gasteiger partial charge in [0.25, 0.3) is 0 Å². The van der Waals surface area contributed by atoms with Crippen LogP contribution in [-0.4, -0.2) is 38.3 Å². The summed E-state index contributed by atoms with van der Waals surface area (Å²) < 4.78 is 5.35.